The molecule has 0 aromatic heterocycles. The van der Waals surface area contributed by atoms with Crippen molar-refractivity contribution in [3.8, 4) is 5.75 Å². The molecule has 2 aromatic rings. The quantitative estimate of drug-likeness (QED) is 0.702. The lowest BCUT2D eigenvalue weighted by atomic mass is 9.88. The van der Waals surface area contributed by atoms with Gasteiger partial charge in [0.25, 0.3) is 0 Å². The fraction of sp³-hybridized carbons (Fsp3) is 0.455. The highest BCUT2D eigenvalue weighted by Crippen LogP contribution is 2.45. The van der Waals surface area contributed by atoms with Crippen LogP contribution in [0.2, 0.25) is 0 Å². The van der Waals surface area contributed by atoms with Crippen molar-refractivity contribution in [2.24, 2.45) is 11.8 Å². The lowest BCUT2D eigenvalue weighted by Crippen LogP contribution is -2.29. The molecule has 0 radical (unpaired) electrons. The fourth-order valence-electron chi connectivity index (χ4n) is 4.96. The van der Waals surface area contributed by atoms with E-state index in [4.69, 9.17) is 4.74 Å². The number of hydrogen-bond acceptors (Lipinski definition) is 3. The smallest absolute Gasteiger partial charge is 0.126 e. The van der Waals surface area contributed by atoms with Gasteiger partial charge in [-0.15, -0.1) is 24.8 Å². The highest BCUT2D eigenvalue weighted by molar-refractivity contribution is 5.85. The zero-order valence-electron chi connectivity index (χ0n) is 16.6. The predicted octanol–water partition coefficient (Wildman–Crippen LogP) is 4.72. The molecule has 0 bridgehead atoms. The van der Waals surface area contributed by atoms with Crippen LogP contribution >= 0.6 is 24.8 Å². The Morgan fingerprint density at radius 2 is 1.82 bits per heavy atom. The molecule has 6 heteroatoms. The molecular weight excluding hydrogens is 398 g/mol. The minimum Gasteiger partial charge on any atom is -0.496 e. The van der Waals surface area contributed by atoms with Crippen LogP contribution in [0.3, 0.4) is 0 Å². The van der Waals surface area contributed by atoms with Gasteiger partial charge in [0, 0.05) is 43.9 Å². The molecular formula is C22H29Cl2FN2O. The second kappa shape index (κ2) is 9.45. The van der Waals surface area contributed by atoms with Gasteiger partial charge in [-0.2, -0.15) is 0 Å². The largest absolute Gasteiger partial charge is 0.496 e. The summed E-state index contributed by atoms with van der Waals surface area (Å²) in [5, 5.41) is 0. The minimum absolute atomic E-state index is 0. The lowest BCUT2D eigenvalue weighted by Gasteiger charge is -2.28. The molecule has 2 fully saturated rings. The van der Waals surface area contributed by atoms with E-state index in [1.165, 1.54) is 23.3 Å². The summed E-state index contributed by atoms with van der Waals surface area (Å²) < 4.78 is 18.8. The van der Waals surface area contributed by atoms with Gasteiger partial charge < -0.3 is 4.74 Å². The molecule has 28 heavy (non-hydrogen) atoms. The van der Waals surface area contributed by atoms with Crippen LogP contribution in [0.4, 0.5) is 4.39 Å². The Kier molecular flexibility index (Phi) is 7.74. The average Bonchev–Trinajstić information content (AvgIpc) is 3.13. The van der Waals surface area contributed by atoms with Gasteiger partial charge in [0.05, 0.1) is 7.11 Å². The fourth-order valence-corrected chi connectivity index (χ4v) is 4.96. The van der Waals surface area contributed by atoms with Crippen LogP contribution in [0, 0.1) is 24.6 Å². The number of ether oxygens (including phenoxy) is 1. The monoisotopic (exact) mass is 426 g/mol. The Hall–Kier alpha value is -1.33. The molecule has 3 atom stereocenters. The molecule has 0 aliphatic carbocycles. The first-order chi connectivity index (χ1) is 12.6. The summed E-state index contributed by atoms with van der Waals surface area (Å²) in [4.78, 5) is 5.02. The van der Waals surface area contributed by atoms with Crippen LogP contribution in [0.25, 0.3) is 0 Å². The van der Waals surface area contributed by atoms with Crippen molar-refractivity contribution in [2.45, 2.75) is 19.5 Å². The number of methoxy groups -OCH3 is 1. The third-order valence-corrected chi connectivity index (χ3v) is 6.12. The highest BCUT2D eigenvalue weighted by atomic mass is 35.5. The number of nitrogens with zero attached hydrogens (tertiary/aromatic N) is 2. The van der Waals surface area contributed by atoms with Crippen LogP contribution < -0.4 is 4.74 Å². The van der Waals surface area contributed by atoms with Crippen molar-refractivity contribution in [3.05, 3.63) is 65.0 Å². The second-order valence-electron chi connectivity index (χ2n) is 7.82. The number of rotatable bonds is 4. The summed E-state index contributed by atoms with van der Waals surface area (Å²) in [7, 11) is 3.86. The zero-order chi connectivity index (χ0) is 18.3. The van der Waals surface area contributed by atoms with E-state index in [0.717, 1.165) is 31.7 Å². The zero-order valence-corrected chi connectivity index (χ0v) is 18.2. The summed E-state index contributed by atoms with van der Waals surface area (Å²) in [6, 6.07) is 14.1. The van der Waals surface area contributed by atoms with Gasteiger partial charge in [-0.3, -0.25) is 9.80 Å². The van der Waals surface area contributed by atoms with E-state index in [1.54, 1.807) is 7.11 Å². The first-order valence-corrected chi connectivity index (χ1v) is 9.37. The molecule has 2 aromatic carbocycles. The van der Waals surface area contributed by atoms with Gasteiger partial charge in [-0.25, -0.2) is 4.39 Å². The van der Waals surface area contributed by atoms with Crippen LogP contribution in [0.1, 0.15) is 22.7 Å². The summed E-state index contributed by atoms with van der Waals surface area (Å²) in [5.41, 5.74) is 3.90. The summed E-state index contributed by atoms with van der Waals surface area (Å²) in [5.74, 6) is 1.74. The standard InChI is InChI=1S/C22H27FN2O.2ClH/c1-15-6-4-5-7-19(15)22-20-14-25(13-17(20)11-24(22)2)12-16-8-9-18(23)10-21(16)26-3;;/h4-10,17,20,22H,11-14H2,1-3H3;2*1H/t17-,20+,22+;;/m0../s1. The summed E-state index contributed by atoms with van der Waals surface area (Å²) in [6.07, 6.45) is 0. The molecule has 0 amide bonds. The molecule has 2 aliphatic rings. The Bertz CT molecular complexity index is 804. The van der Waals surface area contributed by atoms with Crippen LogP contribution in [-0.2, 0) is 6.54 Å². The van der Waals surface area contributed by atoms with Gasteiger partial charge in [0.1, 0.15) is 11.6 Å². The van der Waals surface area contributed by atoms with Gasteiger partial charge in [0.15, 0.2) is 0 Å². The number of halogens is 3. The Balaban J connectivity index is 0.00000140. The molecule has 2 heterocycles. The number of aryl methyl sites for hydroxylation is 1. The second-order valence-corrected chi connectivity index (χ2v) is 7.82. The van der Waals surface area contributed by atoms with Crippen molar-refractivity contribution in [1.29, 1.82) is 0 Å². The maximum absolute atomic E-state index is 13.5. The van der Waals surface area contributed by atoms with E-state index < -0.39 is 0 Å². The van der Waals surface area contributed by atoms with Gasteiger partial charge in [0.2, 0.25) is 0 Å². The van der Waals surface area contributed by atoms with Crippen molar-refractivity contribution in [2.75, 3.05) is 33.8 Å². The lowest BCUT2D eigenvalue weighted by molar-refractivity contribution is 0.222. The van der Waals surface area contributed by atoms with Crippen molar-refractivity contribution in [3.63, 3.8) is 0 Å². The maximum Gasteiger partial charge on any atom is 0.126 e. The first-order valence-electron chi connectivity index (χ1n) is 9.37. The van der Waals surface area contributed by atoms with E-state index in [0.29, 0.717) is 23.6 Å². The average molecular weight is 427 g/mol. The number of benzene rings is 2. The Morgan fingerprint density at radius 1 is 1.07 bits per heavy atom. The number of fused-ring (bicyclic) bond motifs is 1. The van der Waals surface area contributed by atoms with Gasteiger partial charge >= 0.3 is 0 Å². The number of likely N-dealkylation sites (tertiary alicyclic amines) is 2. The molecule has 4 rings (SSSR count). The molecule has 3 nitrogen and oxygen atoms in total. The molecule has 154 valence electrons. The Labute approximate surface area is 179 Å². The van der Waals surface area contributed by atoms with Gasteiger partial charge in [-0.1, -0.05) is 30.3 Å². The topological polar surface area (TPSA) is 15.7 Å². The maximum atomic E-state index is 13.5. The summed E-state index contributed by atoms with van der Waals surface area (Å²) in [6.45, 7) is 6.35. The first kappa shape index (κ1) is 23.0. The molecule has 0 spiro atoms. The summed E-state index contributed by atoms with van der Waals surface area (Å²) >= 11 is 0. The van der Waals surface area contributed by atoms with E-state index in [9.17, 15) is 4.39 Å². The predicted molar refractivity (Wildman–Crippen MR) is 116 cm³/mol. The third-order valence-electron chi connectivity index (χ3n) is 6.12. The third kappa shape index (κ3) is 4.30. The number of hydrogen-bond donors (Lipinski definition) is 0. The van der Waals surface area contributed by atoms with Crippen molar-refractivity contribution >= 4 is 24.8 Å². The van der Waals surface area contributed by atoms with Crippen LogP contribution in [0.15, 0.2) is 42.5 Å². The van der Waals surface area contributed by atoms with Crippen LogP contribution in [-0.4, -0.2) is 43.6 Å². The van der Waals surface area contributed by atoms with Crippen molar-refractivity contribution < 1.29 is 9.13 Å². The van der Waals surface area contributed by atoms with Gasteiger partial charge in [-0.05, 0) is 43.0 Å². The molecule has 0 N–H and O–H groups in total. The molecule has 0 unspecified atom stereocenters. The van der Waals surface area contributed by atoms with E-state index in [1.807, 2.05) is 6.07 Å². The highest BCUT2D eigenvalue weighted by Gasteiger charge is 2.46. The Morgan fingerprint density at radius 3 is 2.54 bits per heavy atom. The van der Waals surface area contributed by atoms with E-state index >= 15 is 0 Å². The molecule has 0 saturated carbocycles. The van der Waals surface area contributed by atoms with Crippen LogP contribution in [0.5, 0.6) is 5.75 Å². The van der Waals surface area contributed by atoms with Crippen molar-refractivity contribution in [1.82, 2.24) is 9.80 Å². The molecule has 2 aliphatic heterocycles. The van der Waals surface area contributed by atoms with E-state index in [-0.39, 0.29) is 30.6 Å². The minimum atomic E-state index is -0.245. The SMILES string of the molecule is COc1cc(F)ccc1CN1C[C@@H]2CN(C)[C@H](c3ccccc3C)[C@@H]2C1.Cl.Cl. The normalized spacial score (nSPS) is 24.4. The van der Waals surface area contributed by atoms with E-state index in [2.05, 4.69) is 48.0 Å². The molecule has 2 saturated heterocycles.